The first kappa shape index (κ1) is 15.4. The Labute approximate surface area is 124 Å². The molecule has 114 valence electrons. The number of rotatable bonds is 5. The summed E-state index contributed by atoms with van der Waals surface area (Å²) in [5.41, 5.74) is -0.516. The Kier molecular flexibility index (Phi) is 4.50. The highest BCUT2D eigenvalue weighted by molar-refractivity contribution is 5.83. The quantitative estimate of drug-likeness (QED) is 0.779. The van der Waals surface area contributed by atoms with Crippen molar-refractivity contribution in [1.29, 1.82) is 0 Å². The molecule has 1 saturated heterocycles. The normalized spacial score (nSPS) is 21.5. The molecule has 0 bridgehead atoms. The number of carbonyl (C=O) groups excluding carboxylic acids is 2. The van der Waals surface area contributed by atoms with Crippen LogP contribution in [0.5, 0.6) is 5.75 Å². The lowest BCUT2D eigenvalue weighted by atomic mass is 9.90. The summed E-state index contributed by atoms with van der Waals surface area (Å²) in [7, 11) is 0. The molecule has 5 nitrogen and oxygen atoms in total. The number of carbonyl (C=O) groups is 2. The van der Waals surface area contributed by atoms with E-state index in [0.29, 0.717) is 12.2 Å². The molecule has 5 heteroatoms. The van der Waals surface area contributed by atoms with E-state index >= 15 is 0 Å². The molecule has 0 amide bonds. The van der Waals surface area contributed by atoms with Gasteiger partial charge in [-0.05, 0) is 18.6 Å². The van der Waals surface area contributed by atoms with Crippen LogP contribution in [0.25, 0.3) is 0 Å². The molecule has 1 aliphatic heterocycles. The lowest BCUT2D eigenvalue weighted by Crippen LogP contribution is -2.39. The SMILES string of the molecule is CC[C@H](Oc1ccccc1)C(=O)O[C@H]1C(=O)OCC1(C)C. The topological polar surface area (TPSA) is 61.8 Å². The minimum atomic E-state index is -0.876. The summed E-state index contributed by atoms with van der Waals surface area (Å²) in [5, 5.41) is 0. The van der Waals surface area contributed by atoms with Crippen molar-refractivity contribution in [3.05, 3.63) is 30.3 Å². The zero-order chi connectivity index (χ0) is 15.5. The molecule has 0 saturated carbocycles. The summed E-state index contributed by atoms with van der Waals surface area (Å²) in [6.45, 7) is 5.73. The Bertz CT molecular complexity index is 509. The second kappa shape index (κ2) is 6.16. The highest BCUT2D eigenvalue weighted by Gasteiger charge is 2.47. The molecule has 1 fully saturated rings. The van der Waals surface area contributed by atoms with E-state index < -0.39 is 29.6 Å². The van der Waals surface area contributed by atoms with Gasteiger partial charge in [0.15, 0.2) is 6.10 Å². The third-order valence-corrected chi connectivity index (χ3v) is 3.40. The number of benzene rings is 1. The number of cyclic esters (lactones) is 1. The summed E-state index contributed by atoms with van der Waals surface area (Å²) < 4.78 is 15.9. The minimum absolute atomic E-state index is 0.250. The average molecular weight is 292 g/mol. The Morgan fingerprint density at radius 3 is 2.57 bits per heavy atom. The first-order valence-corrected chi connectivity index (χ1v) is 7.03. The van der Waals surface area contributed by atoms with E-state index in [1.807, 2.05) is 39.0 Å². The molecule has 0 radical (unpaired) electrons. The van der Waals surface area contributed by atoms with Gasteiger partial charge in [-0.2, -0.15) is 0 Å². The summed E-state index contributed by atoms with van der Waals surface area (Å²) in [6.07, 6.45) is -1.16. The van der Waals surface area contributed by atoms with Gasteiger partial charge in [0.2, 0.25) is 6.10 Å². The predicted molar refractivity (Wildman–Crippen MR) is 75.8 cm³/mol. The number of ether oxygens (including phenoxy) is 3. The maximum absolute atomic E-state index is 12.2. The fraction of sp³-hybridized carbons (Fsp3) is 0.500. The molecule has 0 spiro atoms. The Balaban J connectivity index is 2.02. The first-order valence-electron chi connectivity index (χ1n) is 7.03. The third kappa shape index (κ3) is 3.54. The molecular formula is C16H20O5. The van der Waals surface area contributed by atoms with Gasteiger partial charge in [0.25, 0.3) is 0 Å². The molecule has 2 atom stereocenters. The monoisotopic (exact) mass is 292 g/mol. The fourth-order valence-corrected chi connectivity index (χ4v) is 2.09. The van der Waals surface area contributed by atoms with E-state index in [9.17, 15) is 9.59 Å². The van der Waals surface area contributed by atoms with Crippen molar-refractivity contribution in [3.8, 4) is 5.75 Å². The van der Waals surface area contributed by atoms with E-state index in [0.717, 1.165) is 0 Å². The molecule has 0 N–H and O–H groups in total. The third-order valence-electron chi connectivity index (χ3n) is 3.40. The highest BCUT2D eigenvalue weighted by Crippen LogP contribution is 2.31. The van der Waals surface area contributed by atoms with E-state index in [2.05, 4.69) is 0 Å². The van der Waals surface area contributed by atoms with Crippen LogP contribution >= 0.6 is 0 Å². The van der Waals surface area contributed by atoms with Crippen molar-refractivity contribution in [2.45, 2.75) is 39.4 Å². The molecule has 0 unspecified atom stereocenters. The molecule has 21 heavy (non-hydrogen) atoms. The van der Waals surface area contributed by atoms with Gasteiger partial charge in [0, 0.05) is 5.41 Å². The van der Waals surface area contributed by atoms with Gasteiger partial charge < -0.3 is 14.2 Å². The van der Waals surface area contributed by atoms with E-state index in [1.165, 1.54) is 0 Å². The van der Waals surface area contributed by atoms with Crippen molar-refractivity contribution in [1.82, 2.24) is 0 Å². The molecule has 1 heterocycles. The Morgan fingerprint density at radius 2 is 2.05 bits per heavy atom. The molecule has 1 aromatic rings. The van der Waals surface area contributed by atoms with Gasteiger partial charge in [-0.25, -0.2) is 9.59 Å². The number of hydrogen-bond donors (Lipinski definition) is 0. The highest BCUT2D eigenvalue weighted by atomic mass is 16.6. The standard InChI is InChI=1S/C16H20O5/c1-4-12(20-11-8-6-5-7-9-11)14(17)21-13-15(18)19-10-16(13,2)3/h5-9,12-13H,4,10H2,1-3H3/t12-,13-/m0/s1. The molecule has 1 aliphatic rings. The Morgan fingerprint density at radius 1 is 1.38 bits per heavy atom. The summed E-state index contributed by atoms with van der Waals surface area (Å²) in [4.78, 5) is 23.9. The second-order valence-corrected chi connectivity index (χ2v) is 5.74. The molecule has 1 aromatic carbocycles. The van der Waals surface area contributed by atoms with Crippen LogP contribution in [0, 0.1) is 5.41 Å². The average Bonchev–Trinajstić information content (AvgIpc) is 2.72. The maximum atomic E-state index is 12.2. The van der Waals surface area contributed by atoms with Gasteiger partial charge >= 0.3 is 11.9 Å². The smallest absolute Gasteiger partial charge is 0.348 e. The molecule has 0 aromatic heterocycles. The summed E-state index contributed by atoms with van der Waals surface area (Å²) in [5.74, 6) is -0.448. The van der Waals surface area contributed by atoms with Crippen molar-refractivity contribution < 1.29 is 23.8 Å². The Hall–Kier alpha value is -2.04. The van der Waals surface area contributed by atoms with Gasteiger partial charge in [-0.15, -0.1) is 0 Å². The number of para-hydroxylation sites is 1. The van der Waals surface area contributed by atoms with Gasteiger partial charge in [-0.3, -0.25) is 0 Å². The summed E-state index contributed by atoms with van der Waals surface area (Å²) in [6, 6.07) is 9.05. The van der Waals surface area contributed by atoms with Crippen molar-refractivity contribution >= 4 is 11.9 Å². The number of hydrogen-bond acceptors (Lipinski definition) is 5. The van der Waals surface area contributed by atoms with Crippen LogP contribution < -0.4 is 4.74 Å². The van der Waals surface area contributed by atoms with Crippen LogP contribution in [-0.2, 0) is 19.1 Å². The van der Waals surface area contributed by atoms with E-state index in [4.69, 9.17) is 14.2 Å². The zero-order valence-electron chi connectivity index (χ0n) is 12.5. The van der Waals surface area contributed by atoms with Gasteiger partial charge in [0.05, 0.1) is 0 Å². The van der Waals surface area contributed by atoms with Crippen LogP contribution in [0.2, 0.25) is 0 Å². The predicted octanol–water partition coefficient (Wildman–Crippen LogP) is 2.34. The molecular weight excluding hydrogens is 272 g/mol. The van der Waals surface area contributed by atoms with E-state index in [1.54, 1.807) is 12.1 Å². The van der Waals surface area contributed by atoms with Crippen LogP contribution in [0.4, 0.5) is 0 Å². The lowest BCUT2D eigenvalue weighted by Gasteiger charge is -2.24. The summed E-state index contributed by atoms with van der Waals surface area (Å²) >= 11 is 0. The van der Waals surface area contributed by atoms with E-state index in [-0.39, 0.29) is 6.61 Å². The van der Waals surface area contributed by atoms with Gasteiger partial charge in [0.1, 0.15) is 12.4 Å². The van der Waals surface area contributed by atoms with Crippen molar-refractivity contribution in [3.63, 3.8) is 0 Å². The van der Waals surface area contributed by atoms with Crippen LogP contribution in [0.15, 0.2) is 30.3 Å². The van der Waals surface area contributed by atoms with Gasteiger partial charge in [-0.1, -0.05) is 39.0 Å². The second-order valence-electron chi connectivity index (χ2n) is 5.74. The van der Waals surface area contributed by atoms with Crippen LogP contribution in [0.1, 0.15) is 27.2 Å². The largest absolute Gasteiger partial charge is 0.479 e. The lowest BCUT2D eigenvalue weighted by molar-refractivity contribution is -0.168. The van der Waals surface area contributed by atoms with Crippen molar-refractivity contribution in [2.75, 3.05) is 6.61 Å². The molecule has 0 aliphatic carbocycles. The zero-order valence-corrected chi connectivity index (χ0v) is 12.5. The maximum Gasteiger partial charge on any atom is 0.348 e. The molecule has 2 rings (SSSR count). The van der Waals surface area contributed by atoms with Crippen LogP contribution in [0.3, 0.4) is 0 Å². The fourth-order valence-electron chi connectivity index (χ4n) is 2.09. The van der Waals surface area contributed by atoms with Crippen LogP contribution in [-0.4, -0.2) is 30.8 Å². The first-order chi connectivity index (χ1) is 9.94. The van der Waals surface area contributed by atoms with Crippen molar-refractivity contribution in [2.24, 2.45) is 5.41 Å². The minimum Gasteiger partial charge on any atom is -0.479 e. The number of esters is 2.